The molecule has 1 unspecified atom stereocenters. The maximum atomic E-state index is 2.36. The van der Waals surface area contributed by atoms with Gasteiger partial charge in [0, 0.05) is 10.2 Å². The van der Waals surface area contributed by atoms with Crippen molar-refractivity contribution >= 4 is 10.2 Å². The molecule has 0 aliphatic carbocycles. The topological polar surface area (TPSA) is 0 Å². The Morgan fingerprint density at radius 1 is 1.06 bits per heavy atom. The van der Waals surface area contributed by atoms with Crippen LogP contribution in [0.25, 0.3) is 0 Å². The standard InChI is InChI=1S/C15H26Si/c1-5-12(4)13-8-10-14(11-9-13)15(16,6-2)7-3/h8-12H,5-7H2,1-4,16H3. The van der Waals surface area contributed by atoms with E-state index < -0.39 is 0 Å². The van der Waals surface area contributed by atoms with Crippen molar-refractivity contribution < 1.29 is 0 Å². The molecule has 0 aromatic heterocycles. The van der Waals surface area contributed by atoms with Crippen LogP contribution in [-0.2, 0) is 5.04 Å². The second-order valence-electron chi connectivity index (χ2n) is 5.20. The smallest absolute Gasteiger partial charge is 0.0162 e. The molecule has 1 rings (SSSR count). The Hall–Kier alpha value is -0.563. The van der Waals surface area contributed by atoms with Crippen LogP contribution in [0.3, 0.4) is 0 Å². The summed E-state index contributed by atoms with van der Waals surface area (Å²) in [4.78, 5) is 0. The van der Waals surface area contributed by atoms with E-state index in [4.69, 9.17) is 0 Å². The van der Waals surface area contributed by atoms with Gasteiger partial charge in [-0.05, 0) is 41.3 Å². The molecule has 0 radical (unpaired) electrons. The molecule has 1 aromatic carbocycles. The monoisotopic (exact) mass is 234 g/mol. The van der Waals surface area contributed by atoms with E-state index in [2.05, 4.69) is 52.0 Å². The van der Waals surface area contributed by atoms with Crippen LogP contribution in [0.5, 0.6) is 0 Å². The van der Waals surface area contributed by atoms with Crippen molar-refractivity contribution in [3.8, 4) is 0 Å². The minimum atomic E-state index is 0.494. The highest BCUT2D eigenvalue weighted by Gasteiger charge is 2.21. The molecular weight excluding hydrogens is 208 g/mol. The van der Waals surface area contributed by atoms with Gasteiger partial charge in [-0.25, -0.2) is 0 Å². The van der Waals surface area contributed by atoms with E-state index in [1.165, 1.54) is 35.1 Å². The highest BCUT2D eigenvalue weighted by molar-refractivity contribution is 6.15. The maximum absolute atomic E-state index is 2.36. The van der Waals surface area contributed by atoms with Crippen LogP contribution in [-0.4, -0.2) is 10.2 Å². The molecule has 0 heterocycles. The molecule has 0 amide bonds. The van der Waals surface area contributed by atoms with Gasteiger partial charge < -0.3 is 0 Å². The van der Waals surface area contributed by atoms with Crippen LogP contribution in [0, 0.1) is 0 Å². The van der Waals surface area contributed by atoms with Crippen molar-refractivity contribution in [1.82, 2.24) is 0 Å². The Labute approximate surface area is 104 Å². The lowest BCUT2D eigenvalue weighted by atomic mass is 9.89. The highest BCUT2D eigenvalue weighted by atomic mass is 28.1. The van der Waals surface area contributed by atoms with Crippen LogP contribution >= 0.6 is 0 Å². The number of benzene rings is 1. The largest absolute Gasteiger partial charge is 0.0648 e. The second kappa shape index (κ2) is 5.67. The Morgan fingerprint density at radius 2 is 1.56 bits per heavy atom. The minimum Gasteiger partial charge on any atom is -0.0648 e. The molecule has 0 saturated carbocycles. The molecule has 0 nitrogen and oxygen atoms in total. The van der Waals surface area contributed by atoms with Gasteiger partial charge in [-0.2, -0.15) is 0 Å². The summed E-state index contributed by atoms with van der Waals surface area (Å²) in [5, 5.41) is 0.494. The zero-order valence-electron chi connectivity index (χ0n) is 11.5. The first kappa shape index (κ1) is 13.5. The average molecular weight is 234 g/mol. The number of hydrogen-bond donors (Lipinski definition) is 0. The Balaban J connectivity index is 2.94. The third-order valence-electron chi connectivity index (χ3n) is 4.35. The summed E-state index contributed by atoms with van der Waals surface area (Å²) < 4.78 is 0. The van der Waals surface area contributed by atoms with Crippen LogP contribution in [0.1, 0.15) is 64.0 Å². The van der Waals surface area contributed by atoms with E-state index >= 15 is 0 Å². The summed E-state index contributed by atoms with van der Waals surface area (Å²) >= 11 is 0. The van der Waals surface area contributed by atoms with E-state index in [1.54, 1.807) is 5.56 Å². The zero-order valence-corrected chi connectivity index (χ0v) is 13.5. The van der Waals surface area contributed by atoms with E-state index in [1.807, 2.05) is 0 Å². The first-order chi connectivity index (χ1) is 7.57. The summed E-state index contributed by atoms with van der Waals surface area (Å²) in [6.45, 7) is 9.20. The third-order valence-corrected chi connectivity index (χ3v) is 6.34. The maximum Gasteiger partial charge on any atom is 0.0162 e. The quantitative estimate of drug-likeness (QED) is 0.683. The molecule has 0 fully saturated rings. The third kappa shape index (κ3) is 2.76. The predicted octanol–water partition coefficient (Wildman–Crippen LogP) is 3.58. The summed E-state index contributed by atoms with van der Waals surface area (Å²) in [5.41, 5.74) is 3.04. The van der Waals surface area contributed by atoms with Crippen molar-refractivity contribution in [1.29, 1.82) is 0 Å². The summed E-state index contributed by atoms with van der Waals surface area (Å²) in [6.07, 6.45) is 3.78. The van der Waals surface area contributed by atoms with Gasteiger partial charge in [-0.3, -0.25) is 0 Å². The molecular formula is C15H26Si. The van der Waals surface area contributed by atoms with Gasteiger partial charge in [-0.1, -0.05) is 52.0 Å². The van der Waals surface area contributed by atoms with Crippen molar-refractivity contribution in [3.63, 3.8) is 0 Å². The fourth-order valence-corrected chi connectivity index (χ4v) is 2.44. The van der Waals surface area contributed by atoms with E-state index in [-0.39, 0.29) is 0 Å². The fraction of sp³-hybridized carbons (Fsp3) is 0.600. The Bertz CT molecular complexity index is 309. The predicted molar refractivity (Wildman–Crippen MR) is 77.3 cm³/mol. The van der Waals surface area contributed by atoms with Crippen molar-refractivity contribution in [3.05, 3.63) is 35.4 Å². The molecule has 0 bridgehead atoms. The lowest BCUT2D eigenvalue weighted by Crippen LogP contribution is -2.24. The van der Waals surface area contributed by atoms with E-state index in [9.17, 15) is 0 Å². The molecule has 90 valence electrons. The zero-order chi connectivity index (χ0) is 12.2. The van der Waals surface area contributed by atoms with E-state index in [0.717, 1.165) is 0 Å². The van der Waals surface area contributed by atoms with Crippen molar-refractivity contribution in [2.24, 2.45) is 0 Å². The first-order valence-corrected chi connectivity index (χ1v) is 7.67. The van der Waals surface area contributed by atoms with Crippen LogP contribution in [0.15, 0.2) is 24.3 Å². The van der Waals surface area contributed by atoms with Gasteiger partial charge in [0.05, 0.1) is 0 Å². The van der Waals surface area contributed by atoms with Crippen LogP contribution in [0.2, 0.25) is 0 Å². The van der Waals surface area contributed by atoms with Gasteiger partial charge in [0.25, 0.3) is 0 Å². The van der Waals surface area contributed by atoms with E-state index in [0.29, 0.717) is 11.0 Å². The minimum absolute atomic E-state index is 0.494. The normalized spacial score (nSPS) is 14.0. The number of hydrogen-bond acceptors (Lipinski definition) is 0. The van der Waals surface area contributed by atoms with Gasteiger partial charge in [0.1, 0.15) is 0 Å². The molecule has 16 heavy (non-hydrogen) atoms. The fourth-order valence-electron chi connectivity index (χ4n) is 2.11. The van der Waals surface area contributed by atoms with Crippen LogP contribution in [0.4, 0.5) is 0 Å². The highest BCUT2D eigenvalue weighted by Crippen LogP contribution is 2.29. The van der Waals surface area contributed by atoms with Gasteiger partial charge in [0.2, 0.25) is 0 Å². The number of rotatable bonds is 5. The summed E-state index contributed by atoms with van der Waals surface area (Å²) in [7, 11) is 1.25. The van der Waals surface area contributed by atoms with Crippen LogP contribution < -0.4 is 0 Å². The molecule has 1 atom stereocenters. The molecule has 0 saturated heterocycles. The Morgan fingerprint density at radius 3 is 1.94 bits per heavy atom. The second-order valence-corrected chi connectivity index (χ2v) is 7.11. The van der Waals surface area contributed by atoms with Gasteiger partial charge in [0.15, 0.2) is 0 Å². The SMILES string of the molecule is CCC(C)c1ccc(C([SiH3])(CC)CC)cc1. The summed E-state index contributed by atoms with van der Waals surface area (Å²) in [5.74, 6) is 0.695. The molecule has 0 N–H and O–H groups in total. The van der Waals surface area contributed by atoms with Gasteiger partial charge >= 0.3 is 0 Å². The van der Waals surface area contributed by atoms with Crippen molar-refractivity contribution in [2.45, 2.75) is 57.9 Å². The molecule has 0 aliphatic heterocycles. The first-order valence-electron chi connectivity index (χ1n) is 6.67. The lowest BCUT2D eigenvalue weighted by Gasteiger charge is -2.27. The molecule has 1 aromatic rings. The van der Waals surface area contributed by atoms with Gasteiger partial charge in [-0.15, -0.1) is 0 Å². The average Bonchev–Trinajstić information content (AvgIpc) is 2.37. The molecule has 0 spiro atoms. The molecule has 1 heteroatoms. The van der Waals surface area contributed by atoms with Crippen molar-refractivity contribution in [2.75, 3.05) is 0 Å². The Kier molecular flexibility index (Phi) is 4.79. The molecule has 0 aliphatic rings. The summed E-state index contributed by atoms with van der Waals surface area (Å²) in [6, 6.07) is 9.39. The lowest BCUT2D eigenvalue weighted by molar-refractivity contribution is 0.564.